The van der Waals surface area contributed by atoms with E-state index in [-0.39, 0.29) is 13.4 Å². The van der Waals surface area contributed by atoms with Crippen LogP contribution in [0, 0.1) is 13.8 Å². The smallest absolute Gasteiger partial charge is 0.331 e. The Morgan fingerprint density at radius 2 is 1.97 bits per heavy atom. The molecule has 0 saturated heterocycles. The molecule has 0 atom stereocenters. The maximum atomic E-state index is 11.9. The van der Waals surface area contributed by atoms with Gasteiger partial charge in [0.2, 0.25) is 6.79 Å². The van der Waals surface area contributed by atoms with Crippen molar-refractivity contribution in [1.82, 2.24) is 15.0 Å². The molecule has 0 unspecified atom stereocenters. The Hall–Kier alpha value is -3.87. The second-order valence-electron chi connectivity index (χ2n) is 6.86. The molecule has 1 aromatic heterocycles. The minimum Gasteiger partial charge on any atom is -0.456 e. The van der Waals surface area contributed by atoms with E-state index in [0.717, 1.165) is 22.7 Å². The van der Waals surface area contributed by atoms with Gasteiger partial charge in [0, 0.05) is 6.08 Å². The number of ether oxygens (including phenoxy) is 3. The molecule has 0 amide bonds. The zero-order chi connectivity index (χ0) is 20.9. The average molecular weight is 403 g/mol. The molecule has 3 aromatic rings. The van der Waals surface area contributed by atoms with Crippen molar-refractivity contribution >= 4 is 12.0 Å². The van der Waals surface area contributed by atoms with Gasteiger partial charge in [-0.25, -0.2) is 9.48 Å². The average Bonchev–Trinajstić information content (AvgIpc) is 3.41. The summed E-state index contributed by atoms with van der Waals surface area (Å²) in [6.07, 6.45) is 8.35. The summed E-state index contributed by atoms with van der Waals surface area (Å²) in [5, 5.41) is 8.15. The van der Waals surface area contributed by atoms with Crippen LogP contribution in [0.15, 0.2) is 60.8 Å². The first kappa shape index (κ1) is 19.4. The Balaban J connectivity index is 1.28. The number of nitrogens with zero attached hydrogens (tertiary/aromatic N) is 3. The van der Waals surface area contributed by atoms with Crippen LogP contribution in [0.4, 0.5) is 0 Å². The standard InChI is InChI=1S/C23H21N3O4/c1-16-7-9-20(11-17(16)2)26-13-19(24-25-26)14-28-23(27)6-4-3-5-18-8-10-21-22(12-18)30-15-29-21/h3-13H,14-15H2,1-2H3/b5-3+,6-4+. The van der Waals surface area contributed by atoms with Crippen LogP contribution < -0.4 is 9.47 Å². The van der Waals surface area contributed by atoms with Gasteiger partial charge in [-0.15, -0.1) is 5.10 Å². The lowest BCUT2D eigenvalue weighted by Gasteiger charge is -2.03. The number of carbonyl (C=O) groups is 1. The normalized spacial score (nSPS) is 12.7. The van der Waals surface area contributed by atoms with Gasteiger partial charge in [0.05, 0.1) is 11.9 Å². The van der Waals surface area contributed by atoms with Crippen LogP contribution >= 0.6 is 0 Å². The fraction of sp³-hybridized carbons (Fsp3) is 0.174. The van der Waals surface area contributed by atoms with Gasteiger partial charge < -0.3 is 14.2 Å². The van der Waals surface area contributed by atoms with Gasteiger partial charge in [-0.05, 0) is 54.8 Å². The van der Waals surface area contributed by atoms with E-state index in [1.165, 1.54) is 17.2 Å². The number of aryl methyl sites for hydroxylation is 2. The molecule has 0 saturated carbocycles. The quantitative estimate of drug-likeness (QED) is 0.353. The first-order chi connectivity index (χ1) is 14.6. The van der Waals surface area contributed by atoms with Crippen molar-refractivity contribution in [2.75, 3.05) is 6.79 Å². The van der Waals surface area contributed by atoms with Crippen LogP contribution in [0.1, 0.15) is 22.4 Å². The highest BCUT2D eigenvalue weighted by Crippen LogP contribution is 2.32. The predicted octanol–water partition coefficient (Wildman–Crippen LogP) is 3.93. The molecule has 0 aliphatic carbocycles. The molecular formula is C23H21N3O4. The molecule has 1 aliphatic rings. The molecule has 152 valence electrons. The Bertz CT molecular complexity index is 1130. The molecule has 0 fully saturated rings. The SMILES string of the molecule is Cc1ccc(-n2cc(COC(=O)/C=C/C=C/c3ccc4c(c3)OCO4)nn2)cc1C. The molecule has 7 nitrogen and oxygen atoms in total. The van der Waals surface area contributed by atoms with Crippen molar-refractivity contribution in [2.45, 2.75) is 20.5 Å². The Morgan fingerprint density at radius 3 is 2.83 bits per heavy atom. The van der Waals surface area contributed by atoms with Gasteiger partial charge in [0.15, 0.2) is 11.5 Å². The first-order valence-corrected chi connectivity index (χ1v) is 9.48. The van der Waals surface area contributed by atoms with E-state index in [1.807, 2.05) is 49.4 Å². The molecule has 4 rings (SSSR count). The van der Waals surface area contributed by atoms with Crippen LogP contribution in [-0.4, -0.2) is 27.8 Å². The number of aromatic nitrogens is 3. The van der Waals surface area contributed by atoms with Crippen molar-refractivity contribution in [2.24, 2.45) is 0 Å². The number of benzene rings is 2. The maximum absolute atomic E-state index is 11.9. The molecule has 1 aliphatic heterocycles. The van der Waals surface area contributed by atoms with Gasteiger partial charge in [0.25, 0.3) is 0 Å². The number of allylic oxidation sites excluding steroid dienone is 2. The number of carbonyl (C=O) groups excluding carboxylic acids is 1. The molecule has 2 aromatic carbocycles. The van der Waals surface area contributed by atoms with Gasteiger partial charge >= 0.3 is 5.97 Å². The third-order valence-electron chi connectivity index (χ3n) is 4.69. The summed E-state index contributed by atoms with van der Waals surface area (Å²) >= 11 is 0. The topological polar surface area (TPSA) is 75.5 Å². The van der Waals surface area contributed by atoms with Crippen LogP contribution in [-0.2, 0) is 16.1 Å². The van der Waals surface area contributed by atoms with Gasteiger partial charge in [0.1, 0.15) is 12.3 Å². The predicted molar refractivity (Wildman–Crippen MR) is 111 cm³/mol. The monoisotopic (exact) mass is 403 g/mol. The Morgan fingerprint density at radius 1 is 1.10 bits per heavy atom. The number of hydrogen-bond donors (Lipinski definition) is 0. The highest BCUT2D eigenvalue weighted by atomic mass is 16.7. The first-order valence-electron chi connectivity index (χ1n) is 9.48. The Labute approximate surface area is 174 Å². The van der Waals surface area contributed by atoms with Crippen LogP contribution in [0.2, 0.25) is 0 Å². The van der Waals surface area contributed by atoms with Gasteiger partial charge in [-0.3, -0.25) is 0 Å². The van der Waals surface area contributed by atoms with E-state index in [9.17, 15) is 4.79 Å². The summed E-state index contributed by atoms with van der Waals surface area (Å²) < 4.78 is 17.5. The molecule has 0 bridgehead atoms. The van der Waals surface area contributed by atoms with Crippen molar-refractivity contribution in [3.8, 4) is 17.2 Å². The minimum atomic E-state index is -0.453. The molecule has 7 heteroatoms. The van der Waals surface area contributed by atoms with Crippen molar-refractivity contribution in [1.29, 1.82) is 0 Å². The number of hydrogen-bond acceptors (Lipinski definition) is 6. The summed E-state index contributed by atoms with van der Waals surface area (Å²) in [4.78, 5) is 11.9. The lowest BCUT2D eigenvalue weighted by Crippen LogP contribution is -2.00. The fourth-order valence-electron chi connectivity index (χ4n) is 2.87. The fourth-order valence-corrected chi connectivity index (χ4v) is 2.87. The molecule has 2 heterocycles. The van der Waals surface area contributed by atoms with E-state index in [4.69, 9.17) is 14.2 Å². The number of esters is 1. The van der Waals surface area contributed by atoms with Crippen molar-refractivity contribution in [3.63, 3.8) is 0 Å². The number of rotatable bonds is 6. The molecule has 0 spiro atoms. The van der Waals surface area contributed by atoms with Gasteiger partial charge in [-0.1, -0.05) is 35.6 Å². The van der Waals surface area contributed by atoms with E-state index in [2.05, 4.69) is 17.2 Å². The summed E-state index contributed by atoms with van der Waals surface area (Å²) in [5.41, 5.74) is 4.82. The zero-order valence-corrected chi connectivity index (χ0v) is 16.7. The van der Waals surface area contributed by atoms with E-state index >= 15 is 0 Å². The van der Waals surface area contributed by atoms with E-state index < -0.39 is 5.97 Å². The highest BCUT2D eigenvalue weighted by molar-refractivity contribution is 5.82. The second kappa shape index (κ2) is 8.65. The lowest BCUT2D eigenvalue weighted by atomic mass is 10.1. The summed E-state index contributed by atoms with van der Waals surface area (Å²) in [5.74, 6) is 1.00. The molecule has 0 radical (unpaired) electrons. The summed E-state index contributed by atoms with van der Waals surface area (Å²) in [6.45, 7) is 4.40. The highest BCUT2D eigenvalue weighted by Gasteiger charge is 2.12. The molecular weight excluding hydrogens is 382 g/mol. The zero-order valence-electron chi connectivity index (χ0n) is 16.7. The van der Waals surface area contributed by atoms with Crippen LogP contribution in [0.25, 0.3) is 11.8 Å². The summed E-state index contributed by atoms with van der Waals surface area (Å²) in [6, 6.07) is 11.7. The third-order valence-corrected chi connectivity index (χ3v) is 4.69. The van der Waals surface area contributed by atoms with Crippen molar-refractivity contribution in [3.05, 3.63) is 83.2 Å². The van der Waals surface area contributed by atoms with E-state index in [1.54, 1.807) is 23.0 Å². The maximum Gasteiger partial charge on any atom is 0.331 e. The lowest BCUT2D eigenvalue weighted by molar-refractivity contribution is -0.139. The summed E-state index contributed by atoms with van der Waals surface area (Å²) in [7, 11) is 0. The third kappa shape index (κ3) is 4.57. The van der Waals surface area contributed by atoms with Gasteiger partial charge in [-0.2, -0.15) is 0 Å². The molecule has 0 N–H and O–H groups in total. The van der Waals surface area contributed by atoms with Crippen LogP contribution in [0.5, 0.6) is 11.5 Å². The van der Waals surface area contributed by atoms with Crippen molar-refractivity contribution < 1.29 is 19.0 Å². The largest absolute Gasteiger partial charge is 0.456 e. The second-order valence-corrected chi connectivity index (χ2v) is 6.86. The molecule has 30 heavy (non-hydrogen) atoms. The number of fused-ring (bicyclic) bond motifs is 1. The minimum absolute atomic E-state index is 0.0554. The Kier molecular flexibility index (Phi) is 5.61. The van der Waals surface area contributed by atoms with E-state index in [0.29, 0.717) is 5.69 Å². The van der Waals surface area contributed by atoms with Crippen LogP contribution in [0.3, 0.4) is 0 Å².